The van der Waals surface area contributed by atoms with E-state index in [2.05, 4.69) is 0 Å². The molecule has 2 heterocycles. The van der Waals surface area contributed by atoms with E-state index in [4.69, 9.17) is 27.3 Å². The minimum atomic E-state index is -3.98. The number of rotatable bonds is 6. The normalized spacial score (nSPS) is 34.0. The maximum Gasteiger partial charge on any atom is 0.264 e. The lowest BCUT2D eigenvalue weighted by atomic mass is 9.98. The van der Waals surface area contributed by atoms with E-state index in [0.29, 0.717) is 5.56 Å². The Bertz CT molecular complexity index is 870. The van der Waals surface area contributed by atoms with Crippen molar-refractivity contribution < 1.29 is 44.1 Å². The Labute approximate surface area is 163 Å². The largest absolute Gasteiger partial charge is 0.353 e. The number of fused-ring (bicyclic) bond motifs is 1. The molecule has 0 aliphatic carbocycles. The van der Waals surface area contributed by atoms with E-state index in [1.54, 1.807) is 24.3 Å². The number of hydrogen-bond acceptors (Lipinski definition) is 10. The van der Waals surface area contributed by atoms with Gasteiger partial charge in [-0.1, -0.05) is 30.3 Å². The van der Waals surface area contributed by atoms with E-state index in [1.165, 1.54) is 7.11 Å². The summed E-state index contributed by atoms with van der Waals surface area (Å²) >= 11 is 0. The predicted octanol–water partition coefficient (Wildman–Crippen LogP) is 0.162. The molecular formula is C16H22O10S2. The first-order valence-electron chi connectivity index (χ1n) is 8.34. The lowest BCUT2D eigenvalue weighted by Crippen LogP contribution is -2.64. The maximum atomic E-state index is 11.8. The summed E-state index contributed by atoms with van der Waals surface area (Å²) < 4.78 is 79.7. The van der Waals surface area contributed by atoms with Gasteiger partial charge in [-0.2, -0.15) is 16.8 Å². The van der Waals surface area contributed by atoms with Gasteiger partial charge in [0, 0.05) is 12.7 Å². The molecule has 0 unspecified atom stereocenters. The molecule has 1 aromatic carbocycles. The van der Waals surface area contributed by atoms with E-state index >= 15 is 0 Å². The fourth-order valence-corrected chi connectivity index (χ4v) is 4.36. The number of ether oxygens (including phenoxy) is 4. The molecule has 12 heteroatoms. The second-order valence-electron chi connectivity index (χ2n) is 6.49. The summed E-state index contributed by atoms with van der Waals surface area (Å²) in [7, 11) is -6.69. The van der Waals surface area contributed by atoms with Crippen molar-refractivity contribution in [3.05, 3.63) is 35.9 Å². The molecular weight excluding hydrogens is 416 g/mol. The monoisotopic (exact) mass is 438 g/mol. The first kappa shape index (κ1) is 21.6. The van der Waals surface area contributed by atoms with Gasteiger partial charge < -0.3 is 18.9 Å². The van der Waals surface area contributed by atoms with Crippen LogP contribution in [-0.4, -0.2) is 73.8 Å². The minimum Gasteiger partial charge on any atom is -0.353 e. The second-order valence-corrected chi connectivity index (χ2v) is 9.69. The van der Waals surface area contributed by atoms with Crippen molar-refractivity contribution in [2.24, 2.45) is 0 Å². The molecule has 2 aliphatic heterocycles. The molecule has 0 radical (unpaired) electrons. The van der Waals surface area contributed by atoms with Gasteiger partial charge in [0.25, 0.3) is 20.2 Å². The van der Waals surface area contributed by atoms with Crippen LogP contribution in [0.4, 0.5) is 0 Å². The summed E-state index contributed by atoms with van der Waals surface area (Å²) in [5.74, 6) is 0. The average molecular weight is 438 g/mol. The summed E-state index contributed by atoms with van der Waals surface area (Å²) in [5, 5.41) is 0. The number of methoxy groups -OCH3 is 1. The van der Waals surface area contributed by atoms with E-state index in [0.717, 1.165) is 12.5 Å². The molecule has 2 saturated heterocycles. The summed E-state index contributed by atoms with van der Waals surface area (Å²) in [6, 6.07) is 8.99. The molecule has 0 saturated carbocycles. The van der Waals surface area contributed by atoms with Crippen LogP contribution in [0.1, 0.15) is 11.9 Å². The van der Waals surface area contributed by atoms with Gasteiger partial charge in [-0.05, 0) is 0 Å². The quantitative estimate of drug-likeness (QED) is 0.567. The van der Waals surface area contributed by atoms with Crippen LogP contribution in [0.5, 0.6) is 0 Å². The zero-order valence-corrected chi connectivity index (χ0v) is 17.1. The van der Waals surface area contributed by atoms with Crippen LogP contribution in [0.15, 0.2) is 30.3 Å². The van der Waals surface area contributed by atoms with E-state index in [-0.39, 0.29) is 6.61 Å². The standard InChI is InChI=1S/C16H22O10S2/c1-21-16-14(26-28(3,19)20)13(25-27(2,17)18)12-11(23-16)9-22-15(24-12)10-7-5-4-6-8-10/h4-8,11-16H,9H2,1-3H3/t11-,12+,13-,14+,15+,16-/m1/s1. The average Bonchev–Trinajstić information content (AvgIpc) is 2.61. The molecule has 1 aromatic rings. The van der Waals surface area contributed by atoms with Gasteiger partial charge in [0.15, 0.2) is 18.7 Å². The van der Waals surface area contributed by atoms with Crippen LogP contribution in [0.25, 0.3) is 0 Å². The maximum absolute atomic E-state index is 11.8. The van der Waals surface area contributed by atoms with Gasteiger partial charge >= 0.3 is 0 Å². The molecule has 2 fully saturated rings. The van der Waals surface area contributed by atoms with Crippen molar-refractivity contribution >= 4 is 20.2 Å². The van der Waals surface area contributed by atoms with Crippen LogP contribution in [0, 0.1) is 0 Å². The van der Waals surface area contributed by atoms with Crippen molar-refractivity contribution in [2.45, 2.75) is 37.0 Å². The van der Waals surface area contributed by atoms with Gasteiger partial charge in [0.05, 0.1) is 19.1 Å². The van der Waals surface area contributed by atoms with Gasteiger partial charge in [0.1, 0.15) is 18.3 Å². The van der Waals surface area contributed by atoms with Crippen LogP contribution in [0.2, 0.25) is 0 Å². The van der Waals surface area contributed by atoms with Crippen LogP contribution in [0.3, 0.4) is 0 Å². The molecule has 28 heavy (non-hydrogen) atoms. The smallest absolute Gasteiger partial charge is 0.264 e. The van der Waals surface area contributed by atoms with Gasteiger partial charge in [-0.15, -0.1) is 0 Å². The summed E-state index contributed by atoms with van der Waals surface area (Å²) in [5.41, 5.74) is 0.702. The molecule has 0 spiro atoms. The second kappa shape index (κ2) is 8.32. The van der Waals surface area contributed by atoms with E-state index in [9.17, 15) is 16.8 Å². The lowest BCUT2D eigenvalue weighted by Gasteiger charge is -2.47. The van der Waals surface area contributed by atoms with Gasteiger partial charge in [-0.3, -0.25) is 8.37 Å². The Morgan fingerprint density at radius 3 is 2.11 bits per heavy atom. The summed E-state index contributed by atoms with van der Waals surface area (Å²) in [6.45, 7) is 0.0549. The Morgan fingerprint density at radius 2 is 1.54 bits per heavy atom. The Hall–Kier alpha value is -1.12. The first-order valence-corrected chi connectivity index (χ1v) is 12.0. The fourth-order valence-electron chi connectivity index (χ4n) is 3.13. The molecule has 10 nitrogen and oxygen atoms in total. The molecule has 0 amide bonds. The zero-order valence-electron chi connectivity index (χ0n) is 15.5. The Morgan fingerprint density at radius 1 is 0.929 bits per heavy atom. The van der Waals surface area contributed by atoms with Crippen LogP contribution in [-0.2, 0) is 47.5 Å². The highest BCUT2D eigenvalue weighted by Crippen LogP contribution is 2.37. The molecule has 158 valence electrons. The highest BCUT2D eigenvalue weighted by atomic mass is 32.2. The van der Waals surface area contributed by atoms with E-state index < -0.39 is 57.2 Å². The van der Waals surface area contributed by atoms with Crippen molar-refractivity contribution in [3.63, 3.8) is 0 Å². The minimum absolute atomic E-state index is 0.0549. The topological polar surface area (TPSA) is 124 Å². The van der Waals surface area contributed by atoms with Crippen molar-refractivity contribution in [1.29, 1.82) is 0 Å². The van der Waals surface area contributed by atoms with Crippen LogP contribution >= 0.6 is 0 Å². The van der Waals surface area contributed by atoms with E-state index in [1.807, 2.05) is 6.07 Å². The van der Waals surface area contributed by atoms with Crippen molar-refractivity contribution in [1.82, 2.24) is 0 Å². The summed E-state index contributed by atoms with van der Waals surface area (Å²) in [4.78, 5) is 0. The molecule has 0 N–H and O–H groups in total. The third-order valence-corrected chi connectivity index (χ3v) is 5.30. The third-order valence-electron chi connectivity index (χ3n) is 4.16. The molecule has 3 rings (SSSR count). The Balaban J connectivity index is 1.93. The molecule has 0 bridgehead atoms. The Kier molecular flexibility index (Phi) is 6.41. The summed E-state index contributed by atoms with van der Waals surface area (Å²) in [6.07, 6.45) is -4.79. The highest BCUT2D eigenvalue weighted by molar-refractivity contribution is 7.86. The number of benzene rings is 1. The van der Waals surface area contributed by atoms with Crippen LogP contribution < -0.4 is 0 Å². The third kappa shape index (κ3) is 5.27. The first-order chi connectivity index (χ1) is 13.1. The highest BCUT2D eigenvalue weighted by Gasteiger charge is 2.54. The van der Waals surface area contributed by atoms with Gasteiger partial charge in [-0.25, -0.2) is 0 Å². The fraction of sp³-hybridized carbons (Fsp3) is 0.625. The number of hydrogen-bond donors (Lipinski definition) is 0. The lowest BCUT2D eigenvalue weighted by molar-refractivity contribution is -0.351. The molecule has 2 aliphatic rings. The van der Waals surface area contributed by atoms with Gasteiger partial charge in [0.2, 0.25) is 0 Å². The SMILES string of the molecule is CO[C@@H]1O[C@@H]2CO[C@H](c3ccccc3)O[C@@H]2[C@@H](OS(C)(=O)=O)[C@@H]1OS(C)(=O)=O. The predicted molar refractivity (Wildman–Crippen MR) is 95.1 cm³/mol. The molecule has 0 aromatic heterocycles. The zero-order chi connectivity index (χ0) is 20.5. The molecule has 6 atom stereocenters. The van der Waals surface area contributed by atoms with Crippen molar-refractivity contribution in [2.75, 3.05) is 26.2 Å². The van der Waals surface area contributed by atoms with Crippen molar-refractivity contribution in [3.8, 4) is 0 Å².